The third-order valence-electron chi connectivity index (χ3n) is 3.48. The van der Waals surface area contributed by atoms with Crippen molar-refractivity contribution in [3.8, 4) is 6.07 Å². The van der Waals surface area contributed by atoms with Crippen LogP contribution in [0.5, 0.6) is 0 Å². The van der Waals surface area contributed by atoms with Gasteiger partial charge in [-0.3, -0.25) is 0 Å². The van der Waals surface area contributed by atoms with Crippen molar-refractivity contribution in [3.63, 3.8) is 0 Å². The maximum absolute atomic E-state index is 9.09. The molecule has 0 aromatic carbocycles. The summed E-state index contributed by atoms with van der Waals surface area (Å²) in [6.45, 7) is 7.64. The first-order valence-electron chi connectivity index (χ1n) is 6.46. The van der Waals surface area contributed by atoms with Crippen LogP contribution in [0.25, 0.3) is 0 Å². The topological polar surface area (TPSA) is 39.1 Å². The zero-order chi connectivity index (χ0) is 12.0. The van der Waals surface area contributed by atoms with Crippen LogP contribution in [-0.2, 0) is 0 Å². The van der Waals surface area contributed by atoms with Gasteiger partial charge in [0.1, 0.15) is 5.54 Å². The second kappa shape index (κ2) is 6.22. The standard InChI is InChI=1S/C13H25N3/c1-4-8-16(10-12-5-6-12)9-7-13(2,11-14)15-3/h12,15H,4-10H2,1-3H3. The van der Waals surface area contributed by atoms with Crippen molar-refractivity contribution in [1.82, 2.24) is 10.2 Å². The Morgan fingerprint density at radius 1 is 1.44 bits per heavy atom. The summed E-state index contributed by atoms with van der Waals surface area (Å²) in [5.41, 5.74) is -0.366. The molecule has 1 unspecified atom stereocenters. The smallest absolute Gasteiger partial charge is 0.104 e. The zero-order valence-electron chi connectivity index (χ0n) is 10.9. The van der Waals surface area contributed by atoms with E-state index in [0.717, 1.165) is 18.9 Å². The number of nitriles is 1. The predicted octanol–water partition coefficient (Wildman–Crippen LogP) is 2.00. The number of rotatable bonds is 8. The van der Waals surface area contributed by atoms with Gasteiger partial charge in [0.15, 0.2) is 0 Å². The van der Waals surface area contributed by atoms with Gasteiger partial charge in [-0.15, -0.1) is 0 Å². The number of hydrogen-bond acceptors (Lipinski definition) is 3. The summed E-state index contributed by atoms with van der Waals surface area (Å²) in [5, 5.41) is 12.2. The summed E-state index contributed by atoms with van der Waals surface area (Å²) in [6, 6.07) is 2.36. The molecule has 0 aromatic rings. The predicted molar refractivity (Wildman–Crippen MR) is 67.1 cm³/mol. The molecule has 0 amide bonds. The van der Waals surface area contributed by atoms with Crippen LogP contribution in [0.3, 0.4) is 0 Å². The van der Waals surface area contributed by atoms with E-state index < -0.39 is 0 Å². The van der Waals surface area contributed by atoms with Gasteiger partial charge in [0, 0.05) is 13.1 Å². The van der Waals surface area contributed by atoms with Crippen LogP contribution >= 0.6 is 0 Å². The molecular weight excluding hydrogens is 198 g/mol. The molecule has 0 heterocycles. The lowest BCUT2D eigenvalue weighted by molar-refractivity contribution is 0.239. The summed E-state index contributed by atoms with van der Waals surface area (Å²) in [6.07, 6.45) is 4.92. The largest absolute Gasteiger partial charge is 0.303 e. The molecule has 0 aromatic heterocycles. The highest BCUT2D eigenvalue weighted by atomic mass is 15.1. The second-order valence-electron chi connectivity index (χ2n) is 5.19. The minimum Gasteiger partial charge on any atom is -0.303 e. The van der Waals surface area contributed by atoms with Crippen molar-refractivity contribution in [1.29, 1.82) is 5.26 Å². The normalized spacial score (nSPS) is 19.4. The van der Waals surface area contributed by atoms with Gasteiger partial charge < -0.3 is 10.2 Å². The first-order chi connectivity index (χ1) is 7.63. The summed E-state index contributed by atoms with van der Waals surface area (Å²) >= 11 is 0. The molecule has 0 spiro atoms. The Labute approximate surface area is 99.8 Å². The van der Waals surface area contributed by atoms with Crippen molar-refractivity contribution >= 4 is 0 Å². The first-order valence-corrected chi connectivity index (χ1v) is 6.46. The second-order valence-corrected chi connectivity index (χ2v) is 5.19. The molecule has 0 saturated heterocycles. The van der Waals surface area contributed by atoms with Crippen molar-refractivity contribution in [3.05, 3.63) is 0 Å². The molecule has 1 aliphatic carbocycles. The molecule has 1 fully saturated rings. The summed E-state index contributed by atoms with van der Waals surface area (Å²) < 4.78 is 0. The third-order valence-corrected chi connectivity index (χ3v) is 3.48. The Bertz CT molecular complexity index is 242. The van der Waals surface area contributed by atoms with E-state index >= 15 is 0 Å². The lowest BCUT2D eigenvalue weighted by Crippen LogP contribution is -2.42. The lowest BCUT2D eigenvalue weighted by Gasteiger charge is -2.27. The molecule has 3 heteroatoms. The van der Waals surface area contributed by atoms with Crippen LogP contribution in [-0.4, -0.2) is 37.1 Å². The highest BCUT2D eigenvalue weighted by Gasteiger charge is 2.26. The summed E-state index contributed by atoms with van der Waals surface area (Å²) in [5.74, 6) is 0.939. The minimum absolute atomic E-state index is 0.366. The van der Waals surface area contributed by atoms with Gasteiger partial charge in [-0.1, -0.05) is 6.92 Å². The van der Waals surface area contributed by atoms with Crippen molar-refractivity contribution < 1.29 is 0 Å². The van der Waals surface area contributed by atoms with Crippen molar-refractivity contribution in [2.24, 2.45) is 5.92 Å². The Morgan fingerprint density at radius 2 is 2.12 bits per heavy atom. The van der Waals surface area contributed by atoms with Crippen molar-refractivity contribution in [2.45, 2.75) is 45.1 Å². The van der Waals surface area contributed by atoms with Crippen LogP contribution < -0.4 is 5.32 Å². The van der Waals surface area contributed by atoms with Crippen LogP contribution in [0.4, 0.5) is 0 Å². The Balaban J connectivity index is 2.32. The zero-order valence-corrected chi connectivity index (χ0v) is 10.9. The number of nitrogens with zero attached hydrogens (tertiary/aromatic N) is 2. The number of hydrogen-bond donors (Lipinski definition) is 1. The fraction of sp³-hybridized carbons (Fsp3) is 0.923. The fourth-order valence-corrected chi connectivity index (χ4v) is 1.89. The van der Waals surface area contributed by atoms with Gasteiger partial charge in [0.25, 0.3) is 0 Å². The minimum atomic E-state index is -0.366. The molecule has 16 heavy (non-hydrogen) atoms. The number of nitrogens with one attached hydrogen (secondary N) is 1. The van der Waals surface area contributed by atoms with Crippen LogP contribution in [0.1, 0.15) is 39.5 Å². The Kier molecular flexibility index (Phi) is 5.24. The average molecular weight is 223 g/mol. The van der Waals surface area contributed by atoms with Gasteiger partial charge in [-0.2, -0.15) is 5.26 Å². The van der Waals surface area contributed by atoms with E-state index in [2.05, 4.69) is 23.2 Å². The molecule has 1 atom stereocenters. The van der Waals surface area contributed by atoms with Crippen LogP contribution in [0.15, 0.2) is 0 Å². The molecule has 1 aliphatic rings. The maximum Gasteiger partial charge on any atom is 0.104 e. The molecule has 1 saturated carbocycles. The quantitative estimate of drug-likeness (QED) is 0.684. The van der Waals surface area contributed by atoms with Gasteiger partial charge in [0.2, 0.25) is 0 Å². The van der Waals surface area contributed by atoms with Crippen LogP contribution in [0, 0.1) is 17.2 Å². The van der Waals surface area contributed by atoms with Crippen molar-refractivity contribution in [2.75, 3.05) is 26.7 Å². The molecule has 0 radical (unpaired) electrons. The first kappa shape index (κ1) is 13.5. The molecule has 0 aliphatic heterocycles. The fourth-order valence-electron chi connectivity index (χ4n) is 1.89. The molecule has 0 bridgehead atoms. The van der Waals surface area contributed by atoms with E-state index in [9.17, 15) is 0 Å². The van der Waals surface area contributed by atoms with Gasteiger partial charge in [-0.25, -0.2) is 0 Å². The molecule has 3 nitrogen and oxygen atoms in total. The van der Waals surface area contributed by atoms with Crippen LogP contribution in [0.2, 0.25) is 0 Å². The van der Waals surface area contributed by atoms with E-state index in [4.69, 9.17) is 5.26 Å². The van der Waals surface area contributed by atoms with E-state index in [-0.39, 0.29) is 5.54 Å². The SMILES string of the molecule is CCCN(CCC(C)(C#N)NC)CC1CC1. The van der Waals surface area contributed by atoms with E-state index in [0.29, 0.717) is 0 Å². The van der Waals surface area contributed by atoms with Gasteiger partial charge in [0.05, 0.1) is 6.07 Å². The molecule has 92 valence electrons. The average Bonchev–Trinajstić information content (AvgIpc) is 3.10. The monoisotopic (exact) mass is 223 g/mol. The third kappa shape index (κ3) is 4.51. The molecular formula is C13H25N3. The van der Waals surface area contributed by atoms with E-state index in [1.165, 1.54) is 32.4 Å². The molecule has 1 N–H and O–H groups in total. The van der Waals surface area contributed by atoms with E-state index in [1.807, 2.05) is 14.0 Å². The lowest BCUT2D eigenvalue weighted by atomic mass is 10.00. The van der Waals surface area contributed by atoms with Gasteiger partial charge >= 0.3 is 0 Å². The van der Waals surface area contributed by atoms with Gasteiger partial charge in [-0.05, 0) is 52.1 Å². The highest BCUT2D eigenvalue weighted by Crippen LogP contribution is 2.30. The maximum atomic E-state index is 9.09. The summed E-state index contributed by atoms with van der Waals surface area (Å²) in [7, 11) is 1.87. The van der Waals surface area contributed by atoms with E-state index in [1.54, 1.807) is 0 Å². The summed E-state index contributed by atoms with van der Waals surface area (Å²) in [4.78, 5) is 2.52. The Hall–Kier alpha value is -0.590. The highest BCUT2D eigenvalue weighted by molar-refractivity contribution is 5.03. The molecule has 1 rings (SSSR count). The Morgan fingerprint density at radius 3 is 2.56 bits per heavy atom.